The Morgan fingerprint density at radius 2 is 1.96 bits per heavy atom. The Bertz CT molecular complexity index is 879. The third kappa shape index (κ3) is 5.11. The fourth-order valence-electron chi connectivity index (χ4n) is 3.02. The van der Waals surface area contributed by atoms with Gasteiger partial charge in [0.15, 0.2) is 0 Å². The van der Waals surface area contributed by atoms with Gasteiger partial charge in [-0.2, -0.15) is 11.3 Å². The van der Waals surface area contributed by atoms with Crippen molar-refractivity contribution in [2.75, 3.05) is 33.8 Å². The molecule has 28 heavy (non-hydrogen) atoms. The van der Waals surface area contributed by atoms with E-state index < -0.39 is 10.0 Å². The van der Waals surface area contributed by atoms with Crippen LogP contribution in [0.15, 0.2) is 39.9 Å². The van der Waals surface area contributed by atoms with E-state index in [4.69, 9.17) is 4.74 Å². The van der Waals surface area contributed by atoms with Crippen molar-refractivity contribution in [3.8, 4) is 5.75 Å². The minimum atomic E-state index is -3.75. The third-order valence-corrected chi connectivity index (χ3v) is 6.76. The summed E-state index contributed by atoms with van der Waals surface area (Å²) in [5.74, 6) is -0.146. The molecule has 0 aliphatic heterocycles. The van der Waals surface area contributed by atoms with E-state index in [1.165, 1.54) is 26.3 Å². The number of carbonyl (C=O) groups is 1. The van der Waals surface area contributed by atoms with Crippen molar-refractivity contribution in [1.82, 2.24) is 14.9 Å². The molecule has 2 rings (SSSR count). The van der Waals surface area contributed by atoms with Crippen LogP contribution in [0.3, 0.4) is 0 Å². The number of hydrogen-bond donors (Lipinski definition) is 2. The number of sulfonamides is 1. The van der Waals surface area contributed by atoms with E-state index in [0.717, 1.165) is 18.7 Å². The summed E-state index contributed by atoms with van der Waals surface area (Å²) in [5.41, 5.74) is 1.42. The zero-order valence-corrected chi connectivity index (χ0v) is 18.2. The molecule has 0 radical (unpaired) electrons. The Labute approximate surface area is 170 Å². The van der Waals surface area contributed by atoms with Crippen molar-refractivity contribution in [2.24, 2.45) is 0 Å². The maximum atomic E-state index is 12.7. The summed E-state index contributed by atoms with van der Waals surface area (Å²) in [6.07, 6.45) is 0. The van der Waals surface area contributed by atoms with E-state index in [9.17, 15) is 13.2 Å². The Hall–Kier alpha value is -1.94. The molecule has 7 nitrogen and oxygen atoms in total. The van der Waals surface area contributed by atoms with Crippen LogP contribution in [0.2, 0.25) is 0 Å². The molecule has 9 heteroatoms. The topological polar surface area (TPSA) is 87.7 Å². The van der Waals surface area contributed by atoms with Crippen LogP contribution in [-0.2, 0) is 10.0 Å². The first-order valence-corrected chi connectivity index (χ1v) is 11.5. The number of thiophene rings is 1. The van der Waals surface area contributed by atoms with E-state index in [1.54, 1.807) is 17.4 Å². The van der Waals surface area contributed by atoms with Crippen LogP contribution in [0.5, 0.6) is 5.75 Å². The predicted molar refractivity (Wildman–Crippen MR) is 112 cm³/mol. The lowest BCUT2D eigenvalue weighted by Crippen LogP contribution is -2.38. The van der Waals surface area contributed by atoms with E-state index in [1.807, 2.05) is 5.38 Å². The van der Waals surface area contributed by atoms with Gasteiger partial charge >= 0.3 is 0 Å². The van der Waals surface area contributed by atoms with Gasteiger partial charge in [-0.25, -0.2) is 13.1 Å². The summed E-state index contributed by atoms with van der Waals surface area (Å²) < 4.78 is 31.8. The lowest BCUT2D eigenvalue weighted by atomic mass is 10.1. The molecule has 0 aliphatic rings. The summed E-state index contributed by atoms with van der Waals surface area (Å²) in [5, 5.41) is 7.04. The van der Waals surface area contributed by atoms with E-state index >= 15 is 0 Å². The molecule has 1 aromatic carbocycles. The molecular weight excluding hydrogens is 398 g/mol. The first kappa shape index (κ1) is 22.4. The standard InChI is InChI=1S/C19H27N3O4S2/c1-5-22(6-2)16(15-9-10-27-13-15)12-21-19(23)14-7-8-17(26-4)18(11-14)28(24,25)20-3/h7-11,13,16,20H,5-6,12H2,1-4H3,(H,21,23). The van der Waals surface area contributed by atoms with Crippen molar-refractivity contribution in [2.45, 2.75) is 24.8 Å². The highest BCUT2D eigenvalue weighted by Crippen LogP contribution is 2.25. The molecule has 154 valence electrons. The monoisotopic (exact) mass is 425 g/mol. The number of rotatable bonds is 10. The molecule has 1 heterocycles. The quantitative estimate of drug-likeness (QED) is 0.611. The molecule has 0 spiro atoms. The van der Waals surface area contributed by atoms with Gasteiger partial charge in [0.05, 0.1) is 13.2 Å². The maximum Gasteiger partial charge on any atom is 0.251 e. The number of carbonyl (C=O) groups excluding carboxylic acids is 1. The van der Waals surface area contributed by atoms with Crippen LogP contribution in [0.25, 0.3) is 0 Å². The Kier molecular flexibility index (Phi) is 7.99. The summed E-state index contributed by atoms with van der Waals surface area (Å²) in [6, 6.07) is 6.49. The lowest BCUT2D eigenvalue weighted by molar-refractivity contribution is 0.0934. The normalized spacial score (nSPS) is 12.8. The van der Waals surface area contributed by atoms with Crippen LogP contribution < -0.4 is 14.8 Å². The SMILES string of the molecule is CCN(CC)C(CNC(=O)c1ccc(OC)c(S(=O)(=O)NC)c1)c1ccsc1. The molecule has 0 saturated carbocycles. The summed E-state index contributed by atoms with van der Waals surface area (Å²) >= 11 is 1.62. The third-order valence-electron chi connectivity index (χ3n) is 4.62. The number of hydrogen-bond acceptors (Lipinski definition) is 6. The zero-order valence-electron chi connectivity index (χ0n) is 16.6. The second-order valence-electron chi connectivity index (χ2n) is 6.08. The Morgan fingerprint density at radius 1 is 1.25 bits per heavy atom. The number of amides is 1. The summed E-state index contributed by atoms with van der Waals surface area (Å²) in [6.45, 7) is 6.32. The number of nitrogens with zero attached hydrogens (tertiary/aromatic N) is 1. The van der Waals surface area contributed by atoms with Crippen molar-refractivity contribution < 1.29 is 17.9 Å². The van der Waals surface area contributed by atoms with Gasteiger partial charge in [-0.05, 0) is 60.7 Å². The minimum Gasteiger partial charge on any atom is -0.495 e. The lowest BCUT2D eigenvalue weighted by Gasteiger charge is -2.29. The molecular formula is C19H27N3O4S2. The Morgan fingerprint density at radius 3 is 2.50 bits per heavy atom. The van der Waals surface area contributed by atoms with Crippen molar-refractivity contribution in [3.63, 3.8) is 0 Å². The van der Waals surface area contributed by atoms with Gasteiger partial charge in [0.25, 0.3) is 5.91 Å². The molecule has 1 unspecified atom stereocenters. The molecule has 2 aromatic rings. The van der Waals surface area contributed by atoms with Gasteiger partial charge in [-0.3, -0.25) is 9.69 Å². The van der Waals surface area contributed by atoms with Gasteiger partial charge < -0.3 is 10.1 Å². The van der Waals surface area contributed by atoms with E-state index in [-0.39, 0.29) is 28.2 Å². The molecule has 0 aliphatic carbocycles. The fourth-order valence-corrected chi connectivity index (χ4v) is 4.64. The van der Waals surface area contributed by atoms with Crippen molar-refractivity contribution in [1.29, 1.82) is 0 Å². The molecule has 1 amide bonds. The summed E-state index contributed by atoms with van der Waals surface area (Å²) in [7, 11) is -1.04. The highest BCUT2D eigenvalue weighted by molar-refractivity contribution is 7.89. The number of nitrogens with one attached hydrogen (secondary N) is 2. The second kappa shape index (κ2) is 10.0. The number of ether oxygens (including phenoxy) is 1. The zero-order chi connectivity index (χ0) is 20.7. The van der Waals surface area contributed by atoms with Gasteiger partial charge in [0, 0.05) is 12.1 Å². The van der Waals surface area contributed by atoms with Crippen LogP contribution >= 0.6 is 11.3 Å². The molecule has 1 atom stereocenters. The highest BCUT2D eigenvalue weighted by atomic mass is 32.2. The molecule has 2 N–H and O–H groups in total. The maximum absolute atomic E-state index is 12.7. The van der Waals surface area contributed by atoms with Gasteiger partial charge in [-0.1, -0.05) is 13.8 Å². The first-order valence-electron chi connectivity index (χ1n) is 9.03. The van der Waals surface area contributed by atoms with Crippen LogP contribution in [-0.4, -0.2) is 53.0 Å². The Balaban J connectivity index is 2.23. The average Bonchev–Trinajstić information content (AvgIpc) is 3.24. The number of benzene rings is 1. The van der Waals surface area contributed by atoms with Crippen molar-refractivity contribution in [3.05, 3.63) is 46.2 Å². The van der Waals surface area contributed by atoms with Gasteiger partial charge in [0.2, 0.25) is 10.0 Å². The average molecular weight is 426 g/mol. The highest BCUT2D eigenvalue weighted by Gasteiger charge is 2.22. The number of likely N-dealkylation sites (N-methyl/N-ethyl adjacent to an activating group) is 1. The minimum absolute atomic E-state index is 0.0592. The summed E-state index contributed by atoms with van der Waals surface area (Å²) in [4.78, 5) is 14.9. The molecule has 0 bridgehead atoms. The molecule has 0 fully saturated rings. The van der Waals surface area contributed by atoms with Crippen LogP contribution in [0.4, 0.5) is 0 Å². The molecule has 0 saturated heterocycles. The van der Waals surface area contributed by atoms with Crippen molar-refractivity contribution >= 4 is 27.3 Å². The van der Waals surface area contributed by atoms with E-state index in [0.29, 0.717) is 6.54 Å². The fraction of sp³-hybridized carbons (Fsp3) is 0.421. The predicted octanol–water partition coefficient (Wildman–Crippen LogP) is 2.48. The first-order chi connectivity index (χ1) is 13.4. The van der Waals surface area contributed by atoms with E-state index in [2.05, 4.69) is 40.2 Å². The van der Waals surface area contributed by atoms with Crippen LogP contribution in [0.1, 0.15) is 35.8 Å². The van der Waals surface area contributed by atoms with Gasteiger partial charge in [0.1, 0.15) is 10.6 Å². The molecule has 1 aromatic heterocycles. The largest absolute Gasteiger partial charge is 0.495 e. The smallest absolute Gasteiger partial charge is 0.251 e. The van der Waals surface area contributed by atoms with Gasteiger partial charge in [-0.15, -0.1) is 0 Å². The van der Waals surface area contributed by atoms with Crippen LogP contribution in [0, 0.1) is 0 Å². The second-order valence-corrected chi connectivity index (χ2v) is 8.71. The number of methoxy groups -OCH3 is 1.